The summed E-state index contributed by atoms with van der Waals surface area (Å²) in [6, 6.07) is 14.6. The van der Waals surface area contributed by atoms with Crippen molar-refractivity contribution in [2.24, 2.45) is 10.9 Å². The minimum Gasteiger partial charge on any atom is -0.497 e. The molecule has 9 nitrogen and oxygen atoms in total. The number of guanidine groups is 1. The van der Waals surface area contributed by atoms with Crippen LogP contribution >= 0.6 is 0 Å². The lowest BCUT2D eigenvalue weighted by molar-refractivity contribution is -0.153. The summed E-state index contributed by atoms with van der Waals surface area (Å²) < 4.78 is 15.7. The fourth-order valence-corrected chi connectivity index (χ4v) is 4.24. The van der Waals surface area contributed by atoms with Crippen LogP contribution in [0.4, 0.5) is 5.69 Å². The SMILES string of the molecule is CCOC(=O)[C@H]1C(=O)NC(N2CCN(c3ccc(OC)cc3)CC2)=N[C@@H]1c1ccc(OC)cc1. The first-order chi connectivity index (χ1) is 16.5. The van der Waals surface area contributed by atoms with Crippen LogP contribution in [0.2, 0.25) is 0 Å². The quantitative estimate of drug-likeness (QED) is 0.516. The number of ether oxygens (including phenoxy) is 3. The molecule has 4 rings (SSSR count). The third kappa shape index (κ3) is 4.93. The number of hydrogen-bond acceptors (Lipinski definition) is 8. The highest BCUT2D eigenvalue weighted by atomic mass is 16.5. The standard InChI is InChI=1S/C25H30N4O5/c1-4-34-24(31)21-22(17-5-9-19(32-2)10-6-17)26-25(27-23(21)30)29-15-13-28(14-16-29)18-7-11-20(33-3)12-8-18/h5-12,21-22H,4,13-16H2,1-3H3,(H,26,27,30)/t21-,22-/m1/s1. The fraction of sp³-hybridized carbons (Fsp3) is 0.400. The van der Waals surface area contributed by atoms with E-state index in [-0.39, 0.29) is 6.61 Å². The largest absolute Gasteiger partial charge is 0.497 e. The molecule has 2 atom stereocenters. The Morgan fingerprint density at radius 1 is 0.941 bits per heavy atom. The molecule has 0 bridgehead atoms. The van der Waals surface area contributed by atoms with Gasteiger partial charge in [0.15, 0.2) is 5.92 Å². The smallest absolute Gasteiger partial charge is 0.321 e. The van der Waals surface area contributed by atoms with Crippen molar-refractivity contribution < 1.29 is 23.8 Å². The van der Waals surface area contributed by atoms with E-state index in [0.717, 1.165) is 30.1 Å². The van der Waals surface area contributed by atoms with Gasteiger partial charge in [0.05, 0.1) is 20.8 Å². The molecule has 0 spiro atoms. The van der Waals surface area contributed by atoms with Crippen LogP contribution in [0.1, 0.15) is 18.5 Å². The summed E-state index contributed by atoms with van der Waals surface area (Å²) in [6.07, 6.45) is 0. The predicted molar refractivity (Wildman–Crippen MR) is 128 cm³/mol. The molecule has 2 aliphatic heterocycles. The van der Waals surface area contributed by atoms with Gasteiger partial charge >= 0.3 is 5.97 Å². The molecule has 1 N–H and O–H groups in total. The van der Waals surface area contributed by atoms with Gasteiger partial charge in [-0.1, -0.05) is 12.1 Å². The van der Waals surface area contributed by atoms with Gasteiger partial charge in [-0.2, -0.15) is 0 Å². The summed E-state index contributed by atoms with van der Waals surface area (Å²) in [6.45, 7) is 4.83. The third-order valence-electron chi connectivity index (χ3n) is 6.11. The maximum Gasteiger partial charge on any atom is 0.321 e. The summed E-state index contributed by atoms with van der Waals surface area (Å²) in [4.78, 5) is 34.8. The van der Waals surface area contributed by atoms with Gasteiger partial charge in [0.1, 0.15) is 17.5 Å². The zero-order valence-corrected chi connectivity index (χ0v) is 19.7. The van der Waals surface area contributed by atoms with Crippen molar-refractivity contribution >= 4 is 23.5 Å². The molecule has 2 aromatic rings. The molecule has 2 heterocycles. The average molecular weight is 467 g/mol. The Bertz CT molecular complexity index is 1030. The molecule has 0 aromatic heterocycles. The molecule has 0 radical (unpaired) electrons. The Balaban J connectivity index is 1.53. The fourth-order valence-electron chi connectivity index (χ4n) is 4.24. The number of hydrogen-bond donors (Lipinski definition) is 1. The van der Waals surface area contributed by atoms with E-state index in [9.17, 15) is 9.59 Å². The summed E-state index contributed by atoms with van der Waals surface area (Å²) in [7, 11) is 3.24. The molecule has 0 aliphatic carbocycles. The van der Waals surface area contributed by atoms with E-state index in [2.05, 4.69) is 15.1 Å². The molecule has 9 heteroatoms. The molecule has 0 unspecified atom stereocenters. The normalized spacial score (nSPS) is 20.3. The minimum absolute atomic E-state index is 0.196. The van der Waals surface area contributed by atoms with Crippen LogP contribution in [0.15, 0.2) is 53.5 Å². The third-order valence-corrected chi connectivity index (χ3v) is 6.11. The summed E-state index contributed by atoms with van der Waals surface area (Å²) in [5.41, 5.74) is 1.87. The molecule has 1 saturated heterocycles. The second-order valence-electron chi connectivity index (χ2n) is 8.06. The second kappa shape index (κ2) is 10.5. The summed E-state index contributed by atoms with van der Waals surface area (Å²) >= 11 is 0. The topological polar surface area (TPSA) is 92.7 Å². The van der Waals surface area contributed by atoms with Gasteiger partial charge in [-0.3, -0.25) is 14.9 Å². The monoisotopic (exact) mass is 466 g/mol. The van der Waals surface area contributed by atoms with Gasteiger partial charge in [0, 0.05) is 31.9 Å². The van der Waals surface area contributed by atoms with E-state index in [1.165, 1.54) is 0 Å². The molecule has 2 aromatic carbocycles. The maximum atomic E-state index is 13.1. The number of aliphatic imine (C=N–C) groups is 1. The number of carbonyl (C=O) groups is 2. The molecular formula is C25H30N4O5. The summed E-state index contributed by atoms with van der Waals surface area (Å²) in [5, 5.41) is 2.84. The number of amides is 1. The summed E-state index contributed by atoms with van der Waals surface area (Å²) in [5.74, 6) is -0.0221. The first kappa shape index (κ1) is 23.4. The molecule has 0 saturated carbocycles. The van der Waals surface area contributed by atoms with Crippen molar-refractivity contribution in [1.29, 1.82) is 0 Å². The van der Waals surface area contributed by atoms with Crippen LogP contribution < -0.4 is 19.7 Å². The Morgan fingerprint density at radius 2 is 1.50 bits per heavy atom. The van der Waals surface area contributed by atoms with Crippen molar-refractivity contribution in [2.75, 3.05) is 51.9 Å². The Kier molecular flexibility index (Phi) is 7.20. The van der Waals surface area contributed by atoms with Crippen LogP contribution in [0.25, 0.3) is 0 Å². The lowest BCUT2D eigenvalue weighted by Gasteiger charge is -2.39. The van der Waals surface area contributed by atoms with Crippen molar-refractivity contribution in [2.45, 2.75) is 13.0 Å². The van der Waals surface area contributed by atoms with Gasteiger partial charge in [0.2, 0.25) is 11.9 Å². The minimum atomic E-state index is -1.04. The van der Waals surface area contributed by atoms with Crippen LogP contribution in [0.3, 0.4) is 0 Å². The Labute approximate surface area is 199 Å². The number of rotatable bonds is 6. The molecule has 1 amide bonds. The lowest BCUT2D eigenvalue weighted by atomic mass is 9.91. The van der Waals surface area contributed by atoms with Crippen LogP contribution in [0, 0.1) is 5.92 Å². The predicted octanol–water partition coefficient (Wildman–Crippen LogP) is 2.23. The first-order valence-electron chi connectivity index (χ1n) is 11.4. The van der Waals surface area contributed by atoms with Gasteiger partial charge in [-0.05, 0) is 48.9 Å². The molecular weight excluding hydrogens is 436 g/mol. The lowest BCUT2D eigenvalue weighted by Crippen LogP contribution is -2.57. The Hall–Kier alpha value is -3.75. The molecule has 2 aliphatic rings. The number of nitrogens with zero attached hydrogens (tertiary/aromatic N) is 3. The van der Waals surface area contributed by atoms with Crippen molar-refractivity contribution in [3.05, 3.63) is 54.1 Å². The van der Waals surface area contributed by atoms with E-state index >= 15 is 0 Å². The zero-order chi connectivity index (χ0) is 24.1. The molecule has 34 heavy (non-hydrogen) atoms. The molecule has 180 valence electrons. The number of piperazine rings is 1. The van der Waals surface area contributed by atoms with Gasteiger partial charge in [-0.25, -0.2) is 4.99 Å². The second-order valence-corrected chi connectivity index (χ2v) is 8.06. The number of nitrogens with one attached hydrogen (secondary N) is 1. The highest BCUT2D eigenvalue weighted by molar-refractivity contribution is 6.08. The van der Waals surface area contributed by atoms with E-state index in [1.807, 2.05) is 36.4 Å². The van der Waals surface area contributed by atoms with E-state index < -0.39 is 23.8 Å². The highest BCUT2D eigenvalue weighted by Gasteiger charge is 2.42. The number of methoxy groups -OCH3 is 2. The number of benzene rings is 2. The first-order valence-corrected chi connectivity index (χ1v) is 11.4. The van der Waals surface area contributed by atoms with Crippen LogP contribution in [0.5, 0.6) is 11.5 Å². The highest BCUT2D eigenvalue weighted by Crippen LogP contribution is 2.32. The van der Waals surface area contributed by atoms with E-state index in [0.29, 0.717) is 24.8 Å². The van der Waals surface area contributed by atoms with Crippen LogP contribution in [-0.2, 0) is 14.3 Å². The maximum absolute atomic E-state index is 13.1. The van der Waals surface area contributed by atoms with E-state index in [4.69, 9.17) is 19.2 Å². The molecule has 1 fully saturated rings. The Morgan fingerprint density at radius 3 is 2.06 bits per heavy atom. The van der Waals surface area contributed by atoms with Crippen molar-refractivity contribution in [1.82, 2.24) is 10.2 Å². The van der Waals surface area contributed by atoms with Crippen molar-refractivity contribution in [3.8, 4) is 11.5 Å². The number of esters is 1. The number of carbonyl (C=O) groups excluding carboxylic acids is 2. The van der Waals surface area contributed by atoms with Crippen LogP contribution in [-0.4, -0.2) is 69.7 Å². The van der Waals surface area contributed by atoms with Gasteiger partial charge in [-0.15, -0.1) is 0 Å². The number of anilines is 1. The van der Waals surface area contributed by atoms with Gasteiger partial charge in [0.25, 0.3) is 0 Å². The average Bonchev–Trinajstić information content (AvgIpc) is 2.88. The van der Waals surface area contributed by atoms with E-state index in [1.54, 1.807) is 33.3 Å². The van der Waals surface area contributed by atoms with Crippen molar-refractivity contribution in [3.63, 3.8) is 0 Å². The zero-order valence-electron chi connectivity index (χ0n) is 19.7. The van der Waals surface area contributed by atoms with Gasteiger partial charge < -0.3 is 24.0 Å².